The molecular weight excluding hydrogens is 224 g/mol. The zero-order valence-electron chi connectivity index (χ0n) is 11.4. The maximum Gasteiger partial charge on any atom is 0.162 e. The van der Waals surface area contributed by atoms with Gasteiger partial charge >= 0.3 is 0 Å². The monoisotopic (exact) mass is 244 g/mol. The SMILES string of the molecule is CC1=C(CCC#N)C(=O)C(CCC#N)C(C)(C)C1. The van der Waals surface area contributed by atoms with E-state index in [1.54, 1.807) is 0 Å². The Balaban J connectivity index is 2.98. The Hall–Kier alpha value is -1.61. The molecule has 3 heteroatoms. The van der Waals surface area contributed by atoms with Crippen LogP contribution in [0.3, 0.4) is 0 Å². The summed E-state index contributed by atoms with van der Waals surface area (Å²) < 4.78 is 0. The summed E-state index contributed by atoms with van der Waals surface area (Å²) in [7, 11) is 0. The van der Waals surface area contributed by atoms with Gasteiger partial charge in [-0.1, -0.05) is 19.4 Å². The fourth-order valence-electron chi connectivity index (χ4n) is 2.94. The van der Waals surface area contributed by atoms with Crippen LogP contribution in [-0.2, 0) is 4.79 Å². The molecule has 0 bridgehead atoms. The van der Waals surface area contributed by atoms with Gasteiger partial charge in [-0.05, 0) is 37.2 Å². The fourth-order valence-corrected chi connectivity index (χ4v) is 2.94. The average Bonchev–Trinajstić information content (AvgIpc) is 2.27. The Labute approximate surface area is 109 Å². The summed E-state index contributed by atoms with van der Waals surface area (Å²) in [5, 5.41) is 17.3. The highest BCUT2D eigenvalue weighted by Gasteiger charge is 2.40. The number of hydrogen-bond acceptors (Lipinski definition) is 3. The third-order valence-electron chi connectivity index (χ3n) is 3.82. The van der Waals surface area contributed by atoms with Crippen molar-refractivity contribution in [1.29, 1.82) is 10.5 Å². The molecule has 0 spiro atoms. The van der Waals surface area contributed by atoms with E-state index >= 15 is 0 Å². The lowest BCUT2D eigenvalue weighted by atomic mass is 9.64. The molecular formula is C15H20N2O. The molecule has 0 aromatic carbocycles. The van der Waals surface area contributed by atoms with E-state index in [0.29, 0.717) is 25.7 Å². The summed E-state index contributed by atoms with van der Waals surface area (Å²) >= 11 is 0. The second-order valence-corrected chi connectivity index (χ2v) is 5.70. The molecule has 0 radical (unpaired) electrons. The minimum absolute atomic E-state index is 0.0745. The molecule has 1 rings (SSSR count). The molecule has 1 aliphatic rings. The van der Waals surface area contributed by atoms with Gasteiger partial charge in [-0.2, -0.15) is 10.5 Å². The predicted octanol–water partition coefficient (Wildman–Crippen LogP) is 3.53. The molecule has 1 unspecified atom stereocenters. The van der Waals surface area contributed by atoms with Crippen LogP contribution < -0.4 is 0 Å². The summed E-state index contributed by atoms with van der Waals surface area (Å²) in [5.74, 6) is 0.0868. The number of rotatable bonds is 4. The van der Waals surface area contributed by atoms with Crippen molar-refractivity contribution in [3.8, 4) is 12.1 Å². The molecule has 0 saturated heterocycles. The van der Waals surface area contributed by atoms with E-state index in [1.165, 1.54) is 0 Å². The van der Waals surface area contributed by atoms with Crippen molar-refractivity contribution in [3.63, 3.8) is 0 Å². The number of allylic oxidation sites excluding steroid dienone is 2. The first-order chi connectivity index (χ1) is 8.44. The van der Waals surface area contributed by atoms with E-state index in [1.807, 2.05) is 6.92 Å². The van der Waals surface area contributed by atoms with E-state index in [4.69, 9.17) is 10.5 Å². The lowest BCUT2D eigenvalue weighted by Gasteiger charge is -2.39. The van der Waals surface area contributed by atoms with Crippen molar-refractivity contribution < 1.29 is 4.79 Å². The summed E-state index contributed by atoms with van der Waals surface area (Å²) in [6.07, 6.45) is 2.88. The van der Waals surface area contributed by atoms with Gasteiger partial charge in [0, 0.05) is 18.8 Å². The maximum absolute atomic E-state index is 12.5. The minimum Gasteiger partial charge on any atom is -0.294 e. The van der Waals surface area contributed by atoms with E-state index in [0.717, 1.165) is 17.6 Å². The third kappa shape index (κ3) is 2.99. The normalized spacial score (nSPS) is 22.5. The fraction of sp³-hybridized carbons (Fsp3) is 0.667. The largest absolute Gasteiger partial charge is 0.294 e. The summed E-state index contributed by atoms with van der Waals surface area (Å²) in [6, 6.07) is 4.22. The van der Waals surface area contributed by atoms with E-state index in [2.05, 4.69) is 26.0 Å². The van der Waals surface area contributed by atoms with Gasteiger partial charge in [0.05, 0.1) is 12.1 Å². The maximum atomic E-state index is 12.5. The van der Waals surface area contributed by atoms with Crippen LogP contribution in [0.25, 0.3) is 0 Å². The molecule has 0 aromatic heterocycles. The Morgan fingerprint density at radius 2 is 1.89 bits per heavy atom. The third-order valence-corrected chi connectivity index (χ3v) is 3.82. The number of Topliss-reactive ketones (excluding diaryl/α,β-unsaturated/α-hetero) is 1. The molecule has 0 N–H and O–H groups in total. The Morgan fingerprint density at radius 1 is 1.28 bits per heavy atom. The van der Waals surface area contributed by atoms with E-state index < -0.39 is 0 Å². The van der Waals surface area contributed by atoms with Crippen LogP contribution in [0.2, 0.25) is 0 Å². The van der Waals surface area contributed by atoms with Gasteiger partial charge in [0.15, 0.2) is 5.78 Å². The highest BCUT2D eigenvalue weighted by atomic mass is 16.1. The van der Waals surface area contributed by atoms with Crippen LogP contribution >= 0.6 is 0 Å². The smallest absolute Gasteiger partial charge is 0.162 e. The lowest BCUT2D eigenvalue weighted by molar-refractivity contribution is -0.124. The van der Waals surface area contributed by atoms with Crippen LogP contribution in [-0.4, -0.2) is 5.78 Å². The zero-order valence-corrected chi connectivity index (χ0v) is 11.4. The van der Waals surface area contributed by atoms with Crippen LogP contribution in [0.1, 0.15) is 52.9 Å². The molecule has 0 aromatic rings. The van der Waals surface area contributed by atoms with Gasteiger partial charge in [-0.3, -0.25) is 4.79 Å². The van der Waals surface area contributed by atoms with Crippen molar-refractivity contribution in [2.45, 2.75) is 52.9 Å². The van der Waals surface area contributed by atoms with Crippen molar-refractivity contribution >= 4 is 5.78 Å². The van der Waals surface area contributed by atoms with Gasteiger partial charge in [-0.15, -0.1) is 0 Å². The molecule has 0 aliphatic heterocycles. The van der Waals surface area contributed by atoms with Gasteiger partial charge in [0.25, 0.3) is 0 Å². The first kappa shape index (κ1) is 14.5. The predicted molar refractivity (Wildman–Crippen MR) is 69.3 cm³/mol. The van der Waals surface area contributed by atoms with E-state index in [9.17, 15) is 4.79 Å². The molecule has 1 aliphatic carbocycles. The number of ketones is 1. The summed E-state index contributed by atoms with van der Waals surface area (Å²) in [6.45, 7) is 6.18. The van der Waals surface area contributed by atoms with Crippen molar-refractivity contribution in [1.82, 2.24) is 0 Å². The number of hydrogen-bond donors (Lipinski definition) is 0. The Bertz CT molecular complexity index is 446. The average molecular weight is 244 g/mol. The van der Waals surface area contributed by atoms with Crippen molar-refractivity contribution in [2.24, 2.45) is 11.3 Å². The second kappa shape index (κ2) is 5.83. The molecule has 96 valence electrons. The Kier molecular flexibility index (Phi) is 4.68. The molecule has 0 amide bonds. The van der Waals surface area contributed by atoms with Crippen molar-refractivity contribution in [2.75, 3.05) is 0 Å². The molecule has 18 heavy (non-hydrogen) atoms. The standard InChI is InChI=1S/C15H20N2O/c1-11-10-15(2,3)13(7-5-9-17)14(18)12(11)6-4-8-16/h13H,4-7,10H2,1-3H3. The topological polar surface area (TPSA) is 64.7 Å². The zero-order chi connectivity index (χ0) is 13.8. The van der Waals surface area contributed by atoms with Crippen LogP contribution in [0, 0.1) is 34.0 Å². The number of carbonyl (C=O) groups is 1. The molecule has 3 nitrogen and oxygen atoms in total. The van der Waals surface area contributed by atoms with Gasteiger partial charge in [0.1, 0.15) is 0 Å². The highest BCUT2D eigenvalue weighted by molar-refractivity contribution is 5.99. The minimum atomic E-state index is -0.0752. The lowest BCUT2D eigenvalue weighted by Crippen LogP contribution is -2.36. The van der Waals surface area contributed by atoms with Crippen LogP contribution in [0.15, 0.2) is 11.1 Å². The van der Waals surface area contributed by atoms with Crippen LogP contribution in [0.4, 0.5) is 0 Å². The van der Waals surface area contributed by atoms with Crippen molar-refractivity contribution in [3.05, 3.63) is 11.1 Å². The number of nitriles is 2. The molecule has 0 fully saturated rings. The first-order valence-corrected chi connectivity index (χ1v) is 6.40. The van der Waals surface area contributed by atoms with E-state index in [-0.39, 0.29) is 17.1 Å². The molecule has 1 atom stereocenters. The van der Waals surface area contributed by atoms with Gasteiger partial charge in [0.2, 0.25) is 0 Å². The first-order valence-electron chi connectivity index (χ1n) is 6.40. The molecule has 0 saturated carbocycles. The van der Waals surface area contributed by atoms with Gasteiger partial charge < -0.3 is 0 Å². The summed E-state index contributed by atoms with van der Waals surface area (Å²) in [5.41, 5.74) is 1.88. The Morgan fingerprint density at radius 3 is 2.44 bits per heavy atom. The quantitative estimate of drug-likeness (QED) is 0.759. The highest BCUT2D eigenvalue weighted by Crippen LogP contribution is 2.44. The number of carbonyl (C=O) groups excluding carboxylic acids is 1. The van der Waals surface area contributed by atoms with Crippen LogP contribution in [0.5, 0.6) is 0 Å². The van der Waals surface area contributed by atoms with Gasteiger partial charge in [-0.25, -0.2) is 0 Å². The molecule has 0 heterocycles. The second-order valence-electron chi connectivity index (χ2n) is 5.70. The number of nitrogens with zero attached hydrogens (tertiary/aromatic N) is 2. The summed E-state index contributed by atoms with van der Waals surface area (Å²) in [4.78, 5) is 12.5.